The monoisotopic (exact) mass is 418 g/mol. The number of benzene rings is 3. The van der Waals surface area contributed by atoms with E-state index in [1.807, 2.05) is 18.2 Å². The predicted molar refractivity (Wildman–Crippen MR) is 135 cm³/mol. The zero-order valence-electron chi connectivity index (χ0n) is 18.8. The molecule has 0 radical (unpaired) electrons. The lowest BCUT2D eigenvalue weighted by molar-refractivity contribution is 0.566. The molecular weight excluding hydrogens is 388 g/mol. The third-order valence-electron chi connectivity index (χ3n) is 6.46. The first-order chi connectivity index (χ1) is 15.8. The Kier molecular flexibility index (Phi) is 6.07. The molecule has 32 heavy (non-hydrogen) atoms. The van der Waals surface area contributed by atoms with Crippen LogP contribution in [0.25, 0.3) is 34.1 Å². The summed E-state index contributed by atoms with van der Waals surface area (Å²) in [5.74, 6) is 1.89. The van der Waals surface area contributed by atoms with Crippen molar-refractivity contribution >= 4 is 11.6 Å². The number of aryl methyl sites for hydroxylation is 1. The topological polar surface area (TPSA) is 13.1 Å². The van der Waals surface area contributed by atoms with E-state index in [0.29, 0.717) is 0 Å². The standard InChI is InChI=1S/C31H30O/c1-2-3-4-6-10-23-15-17-24(18-16-23)28-14-9-13-26-21-27(22-29(26)28)31-20-19-30(32-31)25-11-7-5-8-12-25/h5,7-9,11-20,22H,2-4,6,10,21H2,1H3. The van der Waals surface area contributed by atoms with Gasteiger partial charge in [-0.15, -0.1) is 0 Å². The lowest BCUT2D eigenvalue weighted by Crippen LogP contribution is -1.89. The van der Waals surface area contributed by atoms with Gasteiger partial charge in [0.1, 0.15) is 11.5 Å². The predicted octanol–water partition coefficient (Wildman–Crippen LogP) is 8.83. The first-order valence-corrected chi connectivity index (χ1v) is 11.9. The van der Waals surface area contributed by atoms with E-state index in [0.717, 1.165) is 23.5 Å². The maximum absolute atomic E-state index is 6.23. The van der Waals surface area contributed by atoms with Crippen LogP contribution in [0.15, 0.2) is 89.3 Å². The van der Waals surface area contributed by atoms with Gasteiger partial charge >= 0.3 is 0 Å². The van der Waals surface area contributed by atoms with E-state index in [1.54, 1.807) is 0 Å². The molecule has 0 amide bonds. The van der Waals surface area contributed by atoms with Gasteiger partial charge in [0.15, 0.2) is 0 Å². The van der Waals surface area contributed by atoms with Crippen LogP contribution in [0.2, 0.25) is 0 Å². The summed E-state index contributed by atoms with van der Waals surface area (Å²) in [4.78, 5) is 0. The fourth-order valence-corrected chi connectivity index (χ4v) is 4.65. The second-order valence-electron chi connectivity index (χ2n) is 8.76. The Hall–Kier alpha value is -3.32. The van der Waals surface area contributed by atoms with Crippen LogP contribution in [0, 0.1) is 0 Å². The van der Waals surface area contributed by atoms with Crippen molar-refractivity contribution in [1.82, 2.24) is 0 Å². The molecule has 0 spiro atoms. The average Bonchev–Trinajstić information content (AvgIpc) is 3.50. The van der Waals surface area contributed by atoms with Gasteiger partial charge < -0.3 is 4.42 Å². The second-order valence-corrected chi connectivity index (χ2v) is 8.76. The second kappa shape index (κ2) is 9.44. The van der Waals surface area contributed by atoms with Crippen LogP contribution in [0.3, 0.4) is 0 Å². The van der Waals surface area contributed by atoms with Gasteiger partial charge in [-0.2, -0.15) is 0 Å². The van der Waals surface area contributed by atoms with Crippen molar-refractivity contribution in [2.24, 2.45) is 0 Å². The molecule has 1 aliphatic carbocycles. The summed E-state index contributed by atoms with van der Waals surface area (Å²) >= 11 is 0. The van der Waals surface area contributed by atoms with Gasteiger partial charge in [0.05, 0.1) is 0 Å². The fourth-order valence-electron chi connectivity index (χ4n) is 4.65. The highest BCUT2D eigenvalue weighted by Gasteiger charge is 2.20. The minimum atomic E-state index is 0.917. The molecule has 0 aliphatic heterocycles. The molecule has 4 aromatic rings. The van der Waals surface area contributed by atoms with E-state index in [4.69, 9.17) is 4.42 Å². The minimum absolute atomic E-state index is 0.917. The van der Waals surface area contributed by atoms with Gasteiger partial charge in [-0.25, -0.2) is 0 Å². The van der Waals surface area contributed by atoms with Crippen molar-refractivity contribution < 1.29 is 4.42 Å². The minimum Gasteiger partial charge on any atom is -0.456 e. The number of hydrogen-bond acceptors (Lipinski definition) is 1. The Balaban J connectivity index is 1.37. The largest absolute Gasteiger partial charge is 0.456 e. The first kappa shape index (κ1) is 20.6. The molecule has 1 aromatic heterocycles. The lowest BCUT2D eigenvalue weighted by Gasteiger charge is -2.09. The highest BCUT2D eigenvalue weighted by atomic mass is 16.3. The molecule has 5 rings (SSSR count). The summed E-state index contributed by atoms with van der Waals surface area (Å²) < 4.78 is 6.23. The number of rotatable bonds is 8. The van der Waals surface area contributed by atoms with Crippen LogP contribution in [-0.2, 0) is 12.8 Å². The molecule has 0 N–H and O–H groups in total. The number of hydrogen-bond donors (Lipinski definition) is 0. The molecule has 0 saturated carbocycles. The summed E-state index contributed by atoms with van der Waals surface area (Å²) in [6, 6.07) is 30.3. The molecule has 0 bridgehead atoms. The van der Waals surface area contributed by atoms with Gasteiger partial charge in [0.2, 0.25) is 0 Å². The highest BCUT2D eigenvalue weighted by molar-refractivity contribution is 5.93. The Morgan fingerprint density at radius 1 is 0.688 bits per heavy atom. The number of furan rings is 1. The third-order valence-corrected chi connectivity index (χ3v) is 6.46. The quantitative estimate of drug-likeness (QED) is 0.260. The number of unbranched alkanes of at least 4 members (excludes halogenated alkanes) is 3. The number of allylic oxidation sites excluding steroid dienone is 1. The van der Waals surface area contributed by atoms with Crippen LogP contribution >= 0.6 is 0 Å². The van der Waals surface area contributed by atoms with Gasteiger partial charge in [-0.3, -0.25) is 0 Å². The molecule has 1 heterocycles. The molecule has 1 nitrogen and oxygen atoms in total. The van der Waals surface area contributed by atoms with Gasteiger partial charge in [0.25, 0.3) is 0 Å². The molecule has 160 valence electrons. The van der Waals surface area contributed by atoms with E-state index >= 15 is 0 Å². The van der Waals surface area contributed by atoms with E-state index in [1.165, 1.54) is 65.5 Å². The van der Waals surface area contributed by atoms with Crippen LogP contribution in [0.1, 0.15) is 55.1 Å². The van der Waals surface area contributed by atoms with E-state index in [9.17, 15) is 0 Å². The average molecular weight is 419 g/mol. The van der Waals surface area contributed by atoms with E-state index in [2.05, 4.69) is 79.7 Å². The molecule has 0 unspecified atom stereocenters. The van der Waals surface area contributed by atoms with Gasteiger partial charge in [0, 0.05) is 12.0 Å². The van der Waals surface area contributed by atoms with Crippen molar-refractivity contribution in [3.63, 3.8) is 0 Å². The summed E-state index contributed by atoms with van der Waals surface area (Å²) in [7, 11) is 0. The molecule has 1 aliphatic rings. The van der Waals surface area contributed by atoms with Crippen molar-refractivity contribution in [1.29, 1.82) is 0 Å². The Morgan fingerprint density at radius 2 is 1.50 bits per heavy atom. The summed E-state index contributed by atoms with van der Waals surface area (Å²) in [5.41, 5.74) is 9.12. The Morgan fingerprint density at radius 3 is 2.31 bits per heavy atom. The lowest BCUT2D eigenvalue weighted by atomic mass is 9.95. The Bertz CT molecular complexity index is 1210. The zero-order chi connectivity index (χ0) is 21.8. The summed E-state index contributed by atoms with van der Waals surface area (Å²) in [5, 5.41) is 0. The van der Waals surface area contributed by atoms with Crippen molar-refractivity contribution in [2.45, 2.75) is 45.4 Å². The molecular formula is C31H30O. The van der Waals surface area contributed by atoms with Crippen LogP contribution in [-0.4, -0.2) is 0 Å². The molecule has 3 aromatic carbocycles. The fraction of sp³-hybridized carbons (Fsp3) is 0.226. The smallest absolute Gasteiger partial charge is 0.134 e. The first-order valence-electron chi connectivity index (χ1n) is 11.9. The van der Waals surface area contributed by atoms with Crippen LogP contribution in [0.5, 0.6) is 0 Å². The molecule has 0 saturated heterocycles. The molecule has 1 heteroatoms. The van der Waals surface area contributed by atoms with Crippen molar-refractivity contribution in [2.75, 3.05) is 0 Å². The van der Waals surface area contributed by atoms with Crippen LogP contribution in [0.4, 0.5) is 0 Å². The highest BCUT2D eigenvalue weighted by Crippen LogP contribution is 2.39. The van der Waals surface area contributed by atoms with Gasteiger partial charge in [-0.05, 0) is 64.4 Å². The van der Waals surface area contributed by atoms with Crippen LogP contribution < -0.4 is 0 Å². The van der Waals surface area contributed by atoms with Gasteiger partial charge in [-0.1, -0.05) is 99.0 Å². The molecule has 0 atom stereocenters. The third kappa shape index (κ3) is 4.34. The normalized spacial score (nSPS) is 12.6. The summed E-state index contributed by atoms with van der Waals surface area (Å²) in [6.45, 7) is 2.26. The maximum atomic E-state index is 6.23. The summed E-state index contributed by atoms with van der Waals surface area (Å²) in [6.07, 6.45) is 9.66. The zero-order valence-corrected chi connectivity index (χ0v) is 18.8. The SMILES string of the molecule is CCCCCCc1ccc(-c2cccc3c2C=C(c2ccc(-c4ccccc4)o2)C3)cc1. The Labute approximate surface area is 191 Å². The molecule has 0 fully saturated rings. The van der Waals surface area contributed by atoms with E-state index in [-0.39, 0.29) is 0 Å². The number of fused-ring (bicyclic) bond motifs is 1. The van der Waals surface area contributed by atoms with E-state index < -0.39 is 0 Å². The van der Waals surface area contributed by atoms with Crippen molar-refractivity contribution in [3.05, 3.63) is 107 Å². The maximum Gasteiger partial charge on any atom is 0.134 e. The van der Waals surface area contributed by atoms with Crippen molar-refractivity contribution in [3.8, 4) is 22.5 Å².